The van der Waals surface area contributed by atoms with Gasteiger partial charge in [-0.25, -0.2) is 4.57 Å². The van der Waals surface area contributed by atoms with E-state index in [-0.39, 0.29) is 0 Å². The van der Waals surface area contributed by atoms with Gasteiger partial charge < -0.3 is 9.80 Å². The molecule has 5 rings (SSSR count). The van der Waals surface area contributed by atoms with Crippen molar-refractivity contribution in [2.45, 2.75) is 38.8 Å². The minimum absolute atomic E-state index is 0.824. The van der Waals surface area contributed by atoms with E-state index in [2.05, 4.69) is 89.0 Å². The first-order valence-corrected chi connectivity index (χ1v) is 10.9. The molecule has 2 aliphatic heterocycles. The highest BCUT2D eigenvalue weighted by atomic mass is 79.9. The Balaban J connectivity index is 1.58. The molecule has 0 saturated carbocycles. The maximum absolute atomic E-state index is 4.66. The molecule has 0 radical (unpaired) electrons. The van der Waals surface area contributed by atoms with Crippen LogP contribution >= 0.6 is 15.9 Å². The van der Waals surface area contributed by atoms with Crippen molar-refractivity contribution >= 4 is 27.8 Å². The molecule has 3 heterocycles. The van der Waals surface area contributed by atoms with Crippen molar-refractivity contribution < 1.29 is 0 Å². The van der Waals surface area contributed by atoms with E-state index >= 15 is 0 Å². The van der Waals surface area contributed by atoms with Gasteiger partial charge in [-0.3, -0.25) is 0 Å². The van der Waals surface area contributed by atoms with E-state index in [0.717, 1.165) is 42.5 Å². The predicted molar refractivity (Wildman–Crippen MR) is 116 cm³/mol. The maximum Gasteiger partial charge on any atom is 0.234 e. The van der Waals surface area contributed by atoms with Gasteiger partial charge in [-0.1, -0.05) is 59.1 Å². The SMILES string of the molecule is Brc1ccc2c(c1)CN(Cc1ccccc1)c1nnc(N3CCCCCC3)n1-2. The zero-order valence-corrected chi connectivity index (χ0v) is 17.5. The fraction of sp³-hybridized carbons (Fsp3) is 0.364. The molecule has 0 N–H and O–H groups in total. The quantitative estimate of drug-likeness (QED) is 0.581. The molecule has 6 heteroatoms. The van der Waals surface area contributed by atoms with Gasteiger partial charge in [0.1, 0.15) is 0 Å². The molecule has 144 valence electrons. The zero-order valence-electron chi connectivity index (χ0n) is 15.9. The van der Waals surface area contributed by atoms with E-state index in [0.29, 0.717) is 0 Å². The van der Waals surface area contributed by atoms with Crippen molar-refractivity contribution in [2.75, 3.05) is 22.9 Å². The molecule has 0 bridgehead atoms. The molecule has 2 aliphatic rings. The molecule has 5 nitrogen and oxygen atoms in total. The van der Waals surface area contributed by atoms with Crippen LogP contribution in [-0.4, -0.2) is 27.9 Å². The molecule has 0 amide bonds. The largest absolute Gasteiger partial charge is 0.341 e. The number of anilines is 2. The van der Waals surface area contributed by atoms with Gasteiger partial charge in [0.15, 0.2) is 0 Å². The van der Waals surface area contributed by atoms with E-state index in [4.69, 9.17) is 0 Å². The van der Waals surface area contributed by atoms with Gasteiger partial charge in [0.2, 0.25) is 11.9 Å². The van der Waals surface area contributed by atoms with Crippen LogP contribution in [0.25, 0.3) is 5.69 Å². The Morgan fingerprint density at radius 1 is 0.857 bits per heavy atom. The highest BCUT2D eigenvalue weighted by Crippen LogP contribution is 2.36. The predicted octanol–water partition coefficient (Wildman–Crippen LogP) is 4.93. The molecule has 0 unspecified atom stereocenters. The first-order valence-electron chi connectivity index (χ1n) is 10.1. The minimum atomic E-state index is 0.824. The normalized spacial score (nSPS) is 16.5. The summed E-state index contributed by atoms with van der Waals surface area (Å²) in [6.07, 6.45) is 5.06. The summed E-state index contributed by atoms with van der Waals surface area (Å²) < 4.78 is 3.37. The number of aromatic nitrogens is 3. The van der Waals surface area contributed by atoms with Gasteiger partial charge in [0.25, 0.3) is 0 Å². The zero-order chi connectivity index (χ0) is 18.9. The molecule has 1 fully saturated rings. The Morgan fingerprint density at radius 2 is 1.61 bits per heavy atom. The van der Waals surface area contributed by atoms with Crippen molar-refractivity contribution in [2.24, 2.45) is 0 Å². The first kappa shape index (κ1) is 17.7. The maximum atomic E-state index is 4.66. The van der Waals surface area contributed by atoms with Crippen molar-refractivity contribution in [3.63, 3.8) is 0 Å². The van der Waals surface area contributed by atoms with Crippen molar-refractivity contribution in [1.29, 1.82) is 0 Å². The van der Waals surface area contributed by atoms with Gasteiger partial charge >= 0.3 is 0 Å². The average Bonchev–Trinajstić information content (AvgIpc) is 2.97. The van der Waals surface area contributed by atoms with E-state index in [1.807, 2.05) is 0 Å². The van der Waals surface area contributed by atoms with E-state index in [1.54, 1.807) is 0 Å². The van der Waals surface area contributed by atoms with Crippen LogP contribution in [0.4, 0.5) is 11.9 Å². The van der Waals surface area contributed by atoms with Crippen LogP contribution in [0.3, 0.4) is 0 Å². The summed E-state index contributed by atoms with van der Waals surface area (Å²) >= 11 is 3.64. The number of halogens is 1. The topological polar surface area (TPSA) is 37.2 Å². The molecule has 3 aromatic rings. The molecule has 2 aromatic carbocycles. The number of fused-ring (bicyclic) bond motifs is 3. The third-order valence-electron chi connectivity index (χ3n) is 5.66. The second-order valence-corrected chi connectivity index (χ2v) is 8.57. The average molecular weight is 438 g/mol. The minimum Gasteiger partial charge on any atom is -0.341 e. The van der Waals surface area contributed by atoms with Crippen LogP contribution in [0, 0.1) is 0 Å². The van der Waals surface area contributed by atoms with Crippen LogP contribution in [0.5, 0.6) is 0 Å². The van der Waals surface area contributed by atoms with Crippen molar-refractivity contribution in [1.82, 2.24) is 14.8 Å². The number of benzene rings is 2. The van der Waals surface area contributed by atoms with Gasteiger partial charge in [-0.2, -0.15) is 0 Å². The van der Waals surface area contributed by atoms with E-state index in [1.165, 1.54) is 42.5 Å². The molecule has 28 heavy (non-hydrogen) atoms. The summed E-state index contributed by atoms with van der Waals surface area (Å²) in [4.78, 5) is 4.75. The van der Waals surface area contributed by atoms with Crippen LogP contribution < -0.4 is 9.80 Å². The Bertz CT molecular complexity index is 960. The van der Waals surface area contributed by atoms with E-state index < -0.39 is 0 Å². The molecule has 0 spiro atoms. The van der Waals surface area contributed by atoms with Crippen LogP contribution in [-0.2, 0) is 13.1 Å². The van der Waals surface area contributed by atoms with Crippen LogP contribution in [0.2, 0.25) is 0 Å². The summed E-state index contributed by atoms with van der Waals surface area (Å²) in [6, 6.07) is 17.1. The lowest BCUT2D eigenvalue weighted by Gasteiger charge is -2.32. The molecular formula is C22H24BrN5. The summed E-state index contributed by atoms with van der Waals surface area (Å²) in [5.41, 5.74) is 3.78. The Hall–Kier alpha value is -2.34. The third-order valence-corrected chi connectivity index (χ3v) is 6.15. The number of rotatable bonds is 3. The number of nitrogens with zero attached hydrogens (tertiary/aromatic N) is 5. The lowest BCUT2D eigenvalue weighted by molar-refractivity contribution is 0.707. The number of hydrogen-bond donors (Lipinski definition) is 0. The fourth-order valence-electron chi connectivity index (χ4n) is 4.27. The first-order chi connectivity index (χ1) is 13.8. The molecule has 0 atom stereocenters. The lowest BCUT2D eigenvalue weighted by atomic mass is 10.1. The fourth-order valence-corrected chi connectivity index (χ4v) is 4.68. The summed E-state index contributed by atoms with van der Waals surface area (Å²) in [5, 5.41) is 9.31. The Kier molecular flexibility index (Phi) is 4.81. The van der Waals surface area contributed by atoms with Gasteiger partial charge in [0, 0.05) is 30.7 Å². The monoisotopic (exact) mass is 437 g/mol. The van der Waals surface area contributed by atoms with E-state index in [9.17, 15) is 0 Å². The smallest absolute Gasteiger partial charge is 0.234 e. The Labute approximate surface area is 174 Å². The van der Waals surface area contributed by atoms with Crippen LogP contribution in [0.15, 0.2) is 53.0 Å². The van der Waals surface area contributed by atoms with Crippen molar-refractivity contribution in [3.05, 3.63) is 64.1 Å². The highest BCUT2D eigenvalue weighted by Gasteiger charge is 2.29. The van der Waals surface area contributed by atoms with Gasteiger partial charge in [-0.05, 0) is 42.2 Å². The van der Waals surface area contributed by atoms with Gasteiger partial charge in [0.05, 0.1) is 5.69 Å². The summed E-state index contributed by atoms with van der Waals surface area (Å²) in [6.45, 7) is 3.78. The lowest BCUT2D eigenvalue weighted by Crippen LogP contribution is -2.32. The third kappa shape index (κ3) is 3.30. The Morgan fingerprint density at radius 3 is 2.39 bits per heavy atom. The summed E-state index contributed by atoms with van der Waals surface area (Å²) in [7, 11) is 0. The van der Waals surface area contributed by atoms with Crippen molar-refractivity contribution in [3.8, 4) is 5.69 Å². The molecule has 1 aromatic heterocycles. The highest BCUT2D eigenvalue weighted by molar-refractivity contribution is 9.10. The van der Waals surface area contributed by atoms with Gasteiger partial charge in [-0.15, -0.1) is 10.2 Å². The second-order valence-electron chi connectivity index (χ2n) is 7.65. The number of hydrogen-bond acceptors (Lipinski definition) is 4. The second kappa shape index (κ2) is 7.59. The molecule has 0 aliphatic carbocycles. The summed E-state index contributed by atoms with van der Waals surface area (Å²) in [5.74, 6) is 1.93. The molecule has 1 saturated heterocycles. The van der Waals surface area contributed by atoms with Crippen LogP contribution in [0.1, 0.15) is 36.8 Å². The standard InChI is InChI=1S/C22H24BrN5/c23-19-10-11-20-18(14-19)16-27(15-17-8-4-3-5-9-17)22-25-24-21(28(20)22)26-12-6-1-2-7-13-26/h3-5,8-11,14H,1-2,6-7,12-13,15-16H2. The molecular weight excluding hydrogens is 414 g/mol.